The molecule has 2 aromatic heterocycles. The van der Waals surface area contributed by atoms with Crippen LogP contribution >= 0.6 is 11.8 Å². The summed E-state index contributed by atoms with van der Waals surface area (Å²) in [5.41, 5.74) is 4.59. The molecule has 1 aliphatic heterocycles. The highest BCUT2D eigenvalue weighted by Gasteiger charge is 2.32. The summed E-state index contributed by atoms with van der Waals surface area (Å²) >= 11 is 1.32. The summed E-state index contributed by atoms with van der Waals surface area (Å²) in [6.45, 7) is 4.26. The Morgan fingerprint density at radius 1 is 1.05 bits per heavy atom. The van der Waals surface area contributed by atoms with Gasteiger partial charge in [0.2, 0.25) is 0 Å². The fourth-order valence-electron chi connectivity index (χ4n) is 4.16. The van der Waals surface area contributed by atoms with Crippen LogP contribution in [0.2, 0.25) is 0 Å². The van der Waals surface area contributed by atoms with E-state index in [1.165, 1.54) is 40.7 Å². The average molecular weight is 527 g/mol. The molecule has 0 aliphatic carbocycles. The molecule has 0 fully saturated rings. The molecule has 1 aliphatic rings. The molecule has 5 rings (SSSR count). The molecular weight excluding hydrogens is 505 g/mol. The van der Waals surface area contributed by atoms with Crippen LogP contribution in [0.15, 0.2) is 59.8 Å². The number of carbonyl (C=O) groups excluding carboxylic acids is 1. The quantitative estimate of drug-likeness (QED) is 0.256. The van der Waals surface area contributed by atoms with E-state index in [0.29, 0.717) is 23.1 Å². The Balaban J connectivity index is 1.50. The zero-order chi connectivity index (χ0) is 26.2. The minimum Gasteiger partial charge on any atom is -0.406 e. The third-order valence-corrected chi connectivity index (χ3v) is 6.57. The summed E-state index contributed by atoms with van der Waals surface area (Å²) < 4.78 is 43.2. The summed E-state index contributed by atoms with van der Waals surface area (Å²) in [5.74, 6) is -0.404. The van der Waals surface area contributed by atoms with Crippen LogP contribution in [0.4, 0.5) is 18.9 Å². The van der Waals surface area contributed by atoms with Gasteiger partial charge in [-0.3, -0.25) is 4.79 Å². The van der Waals surface area contributed by atoms with E-state index in [-0.39, 0.29) is 23.1 Å². The van der Waals surface area contributed by atoms with Gasteiger partial charge in [-0.15, -0.1) is 18.3 Å². The van der Waals surface area contributed by atoms with Crippen LogP contribution in [0, 0.1) is 13.8 Å². The average Bonchev–Trinajstić information content (AvgIpc) is 3.46. The van der Waals surface area contributed by atoms with Crippen molar-refractivity contribution in [3.05, 3.63) is 82.9 Å². The molecule has 2 aromatic carbocycles. The van der Waals surface area contributed by atoms with Gasteiger partial charge in [0.1, 0.15) is 5.75 Å². The monoisotopic (exact) mass is 526 g/mol. The van der Waals surface area contributed by atoms with Gasteiger partial charge in [-0.1, -0.05) is 35.2 Å². The number of nitrogens with zero attached hydrogens (tertiary/aromatic N) is 6. The second kappa shape index (κ2) is 9.85. The highest BCUT2D eigenvalue weighted by Crippen LogP contribution is 2.31. The normalized spacial score (nSPS) is 13.1. The molecule has 0 bridgehead atoms. The number of benzene rings is 2. The van der Waals surface area contributed by atoms with Crippen molar-refractivity contribution >= 4 is 23.4 Å². The van der Waals surface area contributed by atoms with Crippen LogP contribution in [0.3, 0.4) is 0 Å². The predicted octanol–water partition coefficient (Wildman–Crippen LogP) is 5.07. The molecule has 4 aromatic rings. The van der Waals surface area contributed by atoms with Gasteiger partial charge in [0.05, 0.1) is 11.4 Å². The van der Waals surface area contributed by atoms with Crippen LogP contribution in [0.5, 0.6) is 5.75 Å². The van der Waals surface area contributed by atoms with Gasteiger partial charge in [-0.25, -0.2) is 14.6 Å². The third-order valence-electron chi connectivity index (χ3n) is 5.71. The molecular formula is C25H21F3N6O2S. The topological polar surface area (TPSA) is 86.0 Å². The number of para-hydroxylation sites is 1. The second-order valence-electron chi connectivity index (χ2n) is 8.40. The summed E-state index contributed by atoms with van der Waals surface area (Å²) in [6.07, 6.45) is -4.06. The molecule has 0 atom stereocenters. The molecule has 0 radical (unpaired) electrons. The lowest BCUT2D eigenvalue weighted by atomic mass is 10.2. The molecule has 1 amide bonds. The summed E-state index contributed by atoms with van der Waals surface area (Å²) in [6, 6.07) is 14.8. The van der Waals surface area contributed by atoms with Gasteiger partial charge >= 0.3 is 6.36 Å². The van der Waals surface area contributed by atoms with E-state index in [1.54, 1.807) is 4.90 Å². The Kier molecular flexibility index (Phi) is 6.59. The molecule has 3 heterocycles. The summed E-state index contributed by atoms with van der Waals surface area (Å²) in [7, 11) is 0. The van der Waals surface area contributed by atoms with Crippen molar-refractivity contribution in [2.75, 3.05) is 11.4 Å². The summed E-state index contributed by atoms with van der Waals surface area (Å²) in [5, 5.41) is 8.92. The van der Waals surface area contributed by atoms with E-state index < -0.39 is 6.36 Å². The van der Waals surface area contributed by atoms with E-state index >= 15 is 0 Å². The van der Waals surface area contributed by atoms with Gasteiger partial charge in [0, 0.05) is 29.4 Å². The van der Waals surface area contributed by atoms with E-state index in [9.17, 15) is 18.0 Å². The number of halogens is 3. The third kappa shape index (κ3) is 5.43. The largest absolute Gasteiger partial charge is 0.573 e. The van der Waals surface area contributed by atoms with Crippen molar-refractivity contribution in [1.29, 1.82) is 0 Å². The number of aryl methyl sites for hydroxylation is 2. The van der Waals surface area contributed by atoms with Gasteiger partial charge in [-0.2, -0.15) is 0 Å². The highest BCUT2D eigenvalue weighted by atomic mass is 32.2. The predicted molar refractivity (Wildman–Crippen MR) is 131 cm³/mol. The number of fused-ring (bicyclic) bond motifs is 1. The Morgan fingerprint density at radius 3 is 2.46 bits per heavy atom. The summed E-state index contributed by atoms with van der Waals surface area (Å²) in [4.78, 5) is 24.2. The van der Waals surface area contributed by atoms with Gasteiger partial charge in [0.15, 0.2) is 10.9 Å². The van der Waals surface area contributed by atoms with E-state index in [2.05, 4.69) is 25.0 Å². The van der Waals surface area contributed by atoms with E-state index in [4.69, 9.17) is 0 Å². The number of hydrogen-bond donors (Lipinski definition) is 0. The number of anilines is 1. The van der Waals surface area contributed by atoms with Crippen LogP contribution in [0.1, 0.15) is 33.1 Å². The molecule has 0 saturated heterocycles. The molecule has 0 N–H and O–H groups in total. The Labute approximate surface area is 214 Å². The van der Waals surface area contributed by atoms with Gasteiger partial charge in [-0.05, 0) is 62.2 Å². The Bertz CT molecular complexity index is 1440. The maximum atomic E-state index is 13.6. The molecule has 8 nitrogen and oxygen atoms in total. The highest BCUT2D eigenvalue weighted by molar-refractivity contribution is 7.98. The van der Waals surface area contributed by atoms with Crippen LogP contribution in [0.25, 0.3) is 5.69 Å². The van der Waals surface area contributed by atoms with Crippen molar-refractivity contribution in [1.82, 2.24) is 25.0 Å². The SMILES string of the molecule is Cc1cc(C)nc(SCc2c(C(=O)N3CCc4ccccc43)nnn2-c2ccc(OC(F)(F)F)cc2)n1. The molecule has 0 saturated carbocycles. The molecule has 190 valence electrons. The van der Waals surface area contributed by atoms with E-state index in [1.807, 2.05) is 44.2 Å². The first-order valence-electron chi connectivity index (χ1n) is 11.3. The fraction of sp³-hybridized carbons (Fsp3) is 0.240. The number of rotatable bonds is 6. The zero-order valence-electron chi connectivity index (χ0n) is 19.9. The van der Waals surface area contributed by atoms with Crippen molar-refractivity contribution in [3.63, 3.8) is 0 Å². The maximum Gasteiger partial charge on any atom is 0.573 e. The van der Waals surface area contributed by atoms with E-state index in [0.717, 1.165) is 29.1 Å². The van der Waals surface area contributed by atoms with Gasteiger partial charge < -0.3 is 9.64 Å². The first-order chi connectivity index (χ1) is 17.7. The number of ether oxygens (including phenoxy) is 1. The van der Waals surface area contributed by atoms with Crippen molar-refractivity contribution in [2.24, 2.45) is 0 Å². The maximum absolute atomic E-state index is 13.6. The number of hydrogen-bond acceptors (Lipinski definition) is 7. The molecule has 37 heavy (non-hydrogen) atoms. The van der Waals surface area contributed by atoms with Crippen molar-refractivity contribution in [2.45, 2.75) is 37.5 Å². The van der Waals surface area contributed by atoms with Crippen molar-refractivity contribution in [3.8, 4) is 11.4 Å². The number of alkyl halides is 3. The van der Waals surface area contributed by atoms with Gasteiger partial charge in [0.25, 0.3) is 5.91 Å². The Hall–Kier alpha value is -3.93. The second-order valence-corrected chi connectivity index (χ2v) is 9.34. The molecule has 12 heteroatoms. The fourth-order valence-corrected chi connectivity index (χ4v) is 5.10. The van der Waals surface area contributed by atoms with Crippen LogP contribution in [-0.4, -0.2) is 43.8 Å². The lowest BCUT2D eigenvalue weighted by Crippen LogP contribution is -2.30. The number of aromatic nitrogens is 5. The number of amides is 1. The van der Waals surface area contributed by atoms with Crippen LogP contribution in [-0.2, 0) is 12.2 Å². The lowest BCUT2D eigenvalue weighted by Gasteiger charge is -2.17. The van der Waals surface area contributed by atoms with Crippen molar-refractivity contribution < 1.29 is 22.7 Å². The number of thioether (sulfide) groups is 1. The lowest BCUT2D eigenvalue weighted by molar-refractivity contribution is -0.274. The Morgan fingerprint density at radius 2 is 1.76 bits per heavy atom. The standard InChI is InChI=1S/C25H21F3N6O2S/c1-15-13-16(2)30-24(29-15)37-14-21-22(23(35)33-12-11-17-5-3-4-6-20(17)33)31-32-34(21)18-7-9-19(10-8-18)36-25(26,27)28/h3-10,13H,11-12,14H2,1-2H3. The smallest absolute Gasteiger partial charge is 0.406 e. The number of carbonyl (C=O) groups is 1. The first kappa shape index (κ1) is 24.8. The molecule has 0 spiro atoms. The van der Waals surface area contributed by atoms with Crippen LogP contribution < -0.4 is 9.64 Å². The minimum absolute atomic E-state index is 0.157. The zero-order valence-corrected chi connectivity index (χ0v) is 20.7. The first-order valence-corrected chi connectivity index (χ1v) is 12.3. The minimum atomic E-state index is -4.80. The molecule has 0 unspecified atom stereocenters.